The van der Waals surface area contributed by atoms with E-state index >= 15 is 0 Å². The maximum Gasteiger partial charge on any atom is 0.0506 e. The molecule has 0 saturated heterocycles. The van der Waals surface area contributed by atoms with Gasteiger partial charge in [0, 0.05) is 0 Å². The summed E-state index contributed by atoms with van der Waals surface area (Å²) in [6.07, 6.45) is 2.07. The van der Waals surface area contributed by atoms with E-state index in [-0.39, 0.29) is 0 Å². The second-order valence-electron chi connectivity index (χ2n) is 3.38. The Bertz CT molecular complexity index is 315. The molecule has 0 aliphatic heterocycles. The Morgan fingerprint density at radius 1 is 0.867 bits per heavy atom. The van der Waals surface area contributed by atoms with Gasteiger partial charge in [-0.2, -0.15) is 22.7 Å². The molecule has 0 aromatic carbocycles. The average Bonchev–Trinajstić information content (AvgIpc) is 2.88. The van der Waals surface area contributed by atoms with Crippen LogP contribution < -0.4 is 0 Å². The fourth-order valence-electron chi connectivity index (χ4n) is 1.35. The Kier molecular flexibility index (Phi) is 4.39. The standard InChI is InChI=1S/C12H14OS2/c1(11-3-7-14-9-11)5-13-6-2-12-4-8-15-10-12/h3-4,7-10H,1-2,5-6H2. The first-order valence-corrected chi connectivity index (χ1v) is 6.93. The van der Waals surface area contributed by atoms with Gasteiger partial charge < -0.3 is 4.74 Å². The molecule has 1 nitrogen and oxygen atoms in total. The molecular formula is C12H14OS2. The summed E-state index contributed by atoms with van der Waals surface area (Å²) >= 11 is 3.49. The van der Waals surface area contributed by atoms with E-state index in [1.54, 1.807) is 22.7 Å². The molecule has 2 aromatic heterocycles. The van der Waals surface area contributed by atoms with Gasteiger partial charge in [-0.05, 0) is 57.6 Å². The van der Waals surface area contributed by atoms with Crippen molar-refractivity contribution in [3.8, 4) is 0 Å². The van der Waals surface area contributed by atoms with Crippen molar-refractivity contribution in [2.24, 2.45) is 0 Å². The van der Waals surface area contributed by atoms with Gasteiger partial charge >= 0.3 is 0 Å². The number of thiophene rings is 2. The van der Waals surface area contributed by atoms with Gasteiger partial charge in [0.25, 0.3) is 0 Å². The normalized spacial score (nSPS) is 10.7. The largest absolute Gasteiger partial charge is 0.381 e. The van der Waals surface area contributed by atoms with Crippen LogP contribution in [0.5, 0.6) is 0 Å². The molecule has 3 heteroatoms. The van der Waals surface area contributed by atoms with Gasteiger partial charge in [-0.25, -0.2) is 0 Å². The van der Waals surface area contributed by atoms with Crippen molar-refractivity contribution in [1.82, 2.24) is 0 Å². The maximum atomic E-state index is 5.59. The third-order valence-electron chi connectivity index (χ3n) is 2.23. The molecule has 0 fully saturated rings. The Morgan fingerprint density at radius 3 is 1.80 bits per heavy atom. The summed E-state index contributed by atoms with van der Waals surface area (Å²) in [7, 11) is 0. The number of ether oxygens (including phenoxy) is 1. The van der Waals surface area contributed by atoms with Crippen LogP contribution in [0.25, 0.3) is 0 Å². The number of hydrogen-bond donors (Lipinski definition) is 0. The molecule has 0 spiro atoms. The van der Waals surface area contributed by atoms with Gasteiger partial charge in [-0.3, -0.25) is 0 Å². The maximum absolute atomic E-state index is 5.59. The predicted molar refractivity (Wildman–Crippen MR) is 66.9 cm³/mol. The van der Waals surface area contributed by atoms with Crippen LogP contribution in [0.3, 0.4) is 0 Å². The Labute approximate surface area is 98.3 Å². The number of hydrogen-bond acceptors (Lipinski definition) is 3. The molecule has 15 heavy (non-hydrogen) atoms. The van der Waals surface area contributed by atoms with Gasteiger partial charge in [-0.1, -0.05) is 0 Å². The van der Waals surface area contributed by atoms with E-state index < -0.39 is 0 Å². The second-order valence-corrected chi connectivity index (χ2v) is 4.94. The van der Waals surface area contributed by atoms with Gasteiger partial charge in [0.1, 0.15) is 0 Å². The van der Waals surface area contributed by atoms with Crippen LogP contribution in [0.15, 0.2) is 33.7 Å². The summed E-state index contributed by atoms with van der Waals surface area (Å²) in [5.41, 5.74) is 2.77. The van der Waals surface area contributed by atoms with Crippen molar-refractivity contribution >= 4 is 22.7 Å². The van der Waals surface area contributed by atoms with Gasteiger partial charge in [0.2, 0.25) is 0 Å². The molecule has 0 unspecified atom stereocenters. The van der Waals surface area contributed by atoms with E-state index in [0.29, 0.717) is 0 Å². The lowest BCUT2D eigenvalue weighted by Crippen LogP contribution is -2.01. The lowest BCUT2D eigenvalue weighted by molar-refractivity contribution is 0.140. The van der Waals surface area contributed by atoms with Crippen LogP contribution in [-0.2, 0) is 17.6 Å². The van der Waals surface area contributed by atoms with Gasteiger partial charge in [0.15, 0.2) is 0 Å². The zero-order valence-electron chi connectivity index (χ0n) is 8.52. The van der Waals surface area contributed by atoms with Crippen molar-refractivity contribution < 1.29 is 4.74 Å². The van der Waals surface area contributed by atoms with Crippen molar-refractivity contribution in [3.63, 3.8) is 0 Å². The van der Waals surface area contributed by atoms with Crippen molar-refractivity contribution in [2.45, 2.75) is 12.8 Å². The molecule has 0 bridgehead atoms. The molecular weight excluding hydrogens is 224 g/mol. The fraction of sp³-hybridized carbons (Fsp3) is 0.333. The summed E-state index contributed by atoms with van der Waals surface area (Å²) in [5, 5.41) is 8.59. The molecule has 80 valence electrons. The Morgan fingerprint density at radius 2 is 1.40 bits per heavy atom. The predicted octanol–water partition coefficient (Wildman–Crippen LogP) is 3.61. The monoisotopic (exact) mass is 238 g/mol. The van der Waals surface area contributed by atoms with Crippen molar-refractivity contribution in [2.75, 3.05) is 13.2 Å². The molecule has 2 heterocycles. The Balaban J connectivity index is 1.56. The summed E-state index contributed by atoms with van der Waals surface area (Å²) < 4.78 is 5.59. The van der Waals surface area contributed by atoms with Crippen LogP contribution in [0, 0.1) is 0 Å². The highest BCUT2D eigenvalue weighted by molar-refractivity contribution is 7.08. The molecule has 0 atom stereocenters. The molecule has 0 aliphatic rings. The molecule has 2 rings (SSSR count). The number of rotatable bonds is 6. The molecule has 0 aliphatic carbocycles. The minimum Gasteiger partial charge on any atom is -0.381 e. The zero-order chi connectivity index (χ0) is 10.3. The first-order valence-electron chi connectivity index (χ1n) is 5.05. The second kappa shape index (κ2) is 6.05. The topological polar surface area (TPSA) is 9.23 Å². The summed E-state index contributed by atoms with van der Waals surface area (Å²) in [6.45, 7) is 1.67. The SMILES string of the molecule is c1cc(CCOCCc2ccsc2)cs1. The highest BCUT2D eigenvalue weighted by Gasteiger charge is 1.95. The average molecular weight is 238 g/mol. The van der Waals surface area contributed by atoms with Crippen molar-refractivity contribution in [1.29, 1.82) is 0 Å². The van der Waals surface area contributed by atoms with E-state index in [9.17, 15) is 0 Å². The third kappa shape index (κ3) is 3.78. The first-order chi connectivity index (χ1) is 7.45. The minimum atomic E-state index is 0.834. The molecule has 0 radical (unpaired) electrons. The summed E-state index contributed by atoms with van der Waals surface area (Å²) in [5.74, 6) is 0. The first kappa shape index (κ1) is 10.9. The highest BCUT2D eigenvalue weighted by Crippen LogP contribution is 2.08. The zero-order valence-corrected chi connectivity index (χ0v) is 10.2. The third-order valence-corrected chi connectivity index (χ3v) is 3.69. The molecule has 0 saturated carbocycles. The molecule has 2 aromatic rings. The lowest BCUT2D eigenvalue weighted by Gasteiger charge is -2.01. The van der Waals surface area contributed by atoms with Crippen LogP contribution in [0.2, 0.25) is 0 Å². The van der Waals surface area contributed by atoms with Crippen LogP contribution in [-0.4, -0.2) is 13.2 Å². The summed E-state index contributed by atoms with van der Waals surface area (Å²) in [4.78, 5) is 0. The lowest BCUT2D eigenvalue weighted by atomic mass is 10.2. The summed E-state index contributed by atoms with van der Waals surface area (Å²) in [6, 6.07) is 4.32. The minimum absolute atomic E-state index is 0.834. The highest BCUT2D eigenvalue weighted by atomic mass is 32.1. The van der Waals surface area contributed by atoms with Crippen LogP contribution in [0.1, 0.15) is 11.1 Å². The smallest absolute Gasteiger partial charge is 0.0506 e. The van der Waals surface area contributed by atoms with E-state index in [1.807, 2.05) is 0 Å². The van der Waals surface area contributed by atoms with E-state index in [2.05, 4.69) is 33.7 Å². The van der Waals surface area contributed by atoms with Gasteiger partial charge in [-0.15, -0.1) is 0 Å². The van der Waals surface area contributed by atoms with Crippen molar-refractivity contribution in [3.05, 3.63) is 44.8 Å². The quantitative estimate of drug-likeness (QED) is 0.699. The van der Waals surface area contributed by atoms with E-state index in [1.165, 1.54) is 11.1 Å². The molecule has 0 N–H and O–H groups in total. The molecule has 0 amide bonds. The van der Waals surface area contributed by atoms with Crippen LogP contribution >= 0.6 is 22.7 Å². The van der Waals surface area contributed by atoms with E-state index in [0.717, 1.165) is 26.1 Å². The van der Waals surface area contributed by atoms with Crippen LogP contribution in [0.4, 0.5) is 0 Å². The van der Waals surface area contributed by atoms with E-state index in [4.69, 9.17) is 4.74 Å². The fourth-order valence-corrected chi connectivity index (χ4v) is 2.76. The Hall–Kier alpha value is -0.640. The van der Waals surface area contributed by atoms with Gasteiger partial charge in [0.05, 0.1) is 13.2 Å².